The van der Waals surface area contributed by atoms with Gasteiger partial charge in [-0.15, -0.1) is 0 Å². The van der Waals surface area contributed by atoms with E-state index >= 15 is 0 Å². The summed E-state index contributed by atoms with van der Waals surface area (Å²) in [6, 6.07) is 10.8. The highest BCUT2D eigenvalue weighted by Crippen LogP contribution is 2.42. The summed E-state index contributed by atoms with van der Waals surface area (Å²) in [5.41, 5.74) is 2.65. The molecule has 0 heterocycles. The minimum absolute atomic E-state index is 0.0538. The highest BCUT2D eigenvalue weighted by Gasteiger charge is 2.23. The van der Waals surface area contributed by atoms with Crippen molar-refractivity contribution in [2.75, 3.05) is 6.61 Å². The fourth-order valence-electron chi connectivity index (χ4n) is 3.59. The Labute approximate surface area is 180 Å². The summed E-state index contributed by atoms with van der Waals surface area (Å²) in [7, 11) is 0. The summed E-state index contributed by atoms with van der Waals surface area (Å²) in [6.07, 6.45) is 8.77. The van der Waals surface area contributed by atoms with E-state index in [0.29, 0.717) is 17.7 Å². The topological polar surface area (TPSA) is 66.8 Å². The fraction of sp³-hybridized carbons (Fsp3) is 0.423. The molecule has 2 aromatic carbocycles. The van der Waals surface area contributed by atoms with E-state index in [0.717, 1.165) is 24.0 Å². The zero-order chi connectivity index (χ0) is 22.1. The molecule has 162 valence electrons. The lowest BCUT2D eigenvalue weighted by Crippen LogP contribution is -2.17. The third-order valence-electron chi connectivity index (χ3n) is 5.41. The van der Waals surface area contributed by atoms with Crippen LogP contribution in [-0.4, -0.2) is 22.8 Å². The Morgan fingerprint density at radius 2 is 1.73 bits per heavy atom. The van der Waals surface area contributed by atoms with Crippen LogP contribution in [0.5, 0.6) is 11.5 Å². The van der Waals surface area contributed by atoms with E-state index in [4.69, 9.17) is 4.74 Å². The molecule has 30 heavy (non-hydrogen) atoms. The number of unbranched alkanes of at least 4 members (excludes halogenated alkanes) is 3. The second-order valence-corrected chi connectivity index (χ2v) is 8.29. The van der Waals surface area contributed by atoms with E-state index in [1.54, 1.807) is 25.1 Å². The van der Waals surface area contributed by atoms with Crippen molar-refractivity contribution in [3.63, 3.8) is 0 Å². The van der Waals surface area contributed by atoms with Gasteiger partial charge in [0.1, 0.15) is 11.5 Å². The highest BCUT2D eigenvalue weighted by molar-refractivity contribution is 5.87. The maximum atomic E-state index is 11.5. The number of aromatic hydroxyl groups is 2. The fourth-order valence-corrected chi connectivity index (χ4v) is 3.59. The van der Waals surface area contributed by atoms with Crippen LogP contribution < -0.4 is 0 Å². The van der Waals surface area contributed by atoms with Gasteiger partial charge in [0.15, 0.2) is 0 Å². The third kappa shape index (κ3) is 6.38. The van der Waals surface area contributed by atoms with Crippen molar-refractivity contribution in [2.45, 2.75) is 65.2 Å². The Morgan fingerprint density at radius 3 is 2.37 bits per heavy atom. The van der Waals surface area contributed by atoms with Crippen molar-refractivity contribution >= 4 is 12.0 Å². The highest BCUT2D eigenvalue weighted by atomic mass is 16.5. The number of hydrogen-bond donors (Lipinski definition) is 2. The molecular formula is C26H34O4. The number of carbonyl (C=O) groups excluding carboxylic acids is 1. The zero-order valence-electron chi connectivity index (χ0n) is 18.6. The van der Waals surface area contributed by atoms with E-state index in [1.165, 1.54) is 25.3 Å². The summed E-state index contributed by atoms with van der Waals surface area (Å²) in [5, 5.41) is 21.5. The summed E-state index contributed by atoms with van der Waals surface area (Å²) in [4.78, 5) is 11.5. The van der Waals surface area contributed by atoms with Crippen LogP contribution in [0.25, 0.3) is 17.2 Å². The van der Waals surface area contributed by atoms with Gasteiger partial charge in [0, 0.05) is 6.08 Å². The van der Waals surface area contributed by atoms with Gasteiger partial charge in [-0.1, -0.05) is 64.7 Å². The molecule has 4 nitrogen and oxygen atoms in total. The Hall–Kier alpha value is -2.75. The number of benzene rings is 2. The first-order valence-electron chi connectivity index (χ1n) is 10.8. The number of hydrogen-bond acceptors (Lipinski definition) is 4. The van der Waals surface area contributed by atoms with Crippen LogP contribution in [0, 0.1) is 0 Å². The molecule has 0 aliphatic carbocycles. The van der Waals surface area contributed by atoms with Crippen LogP contribution in [-0.2, 0) is 14.9 Å². The summed E-state index contributed by atoms with van der Waals surface area (Å²) < 4.78 is 4.90. The van der Waals surface area contributed by atoms with Crippen molar-refractivity contribution in [2.24, 2.45) is 0 Å². The normalized spacial score (nSPS) is 11.7. The smallest absolute Gasteiger partial charge is 0.330 e. The van der Waals surface area contributed by atoms with E-state index < -0.39 is 5.97 Å². The molecule has 0 aliphatic heterocycles. The molecule has 0 aliphatic rings. The van der Waals surface area contributed by atoms with Gasteiger partial charge in [-0.05, 0) is 59.7 Å². The number of rotatable bonds is 10. The molecule has 2 N–H and O–H groups in total. The van der Waals surface area contributed by atoms with Gasteiger partial charge in [0.2, 0.25) is 0 Å². The Morgan fingerprint density at radius 1 is 1.03 bits per heavy atom. The molecule has 0 fully saturated rings. The average molecular weight is 411 g/mol. The Balaban J connectivity index is 2.27. The van der Waals surface area contributed by atoms with Crippen LogP contribution in [0.15, 0.2) is 42.5 Å². The summed E-state index contributed by atoms with van der Waals surface area (Å²) in [5.74, 6) is -0.296. The van der Waals surface area contributed by atoms with Crippen LogP contribution in [0.1, 0.15) is 70.9 Å². The van der Waals surface area contributed by atoms with Gasteiger partial charge in [-0.2, -0.15) is 0 Å². The molecule has 0 aromatic heterocycles. The molecule has 4 heteroatoms. The first-order valence-corrected chi connectivity index (χ1v) is 10.8. The van der Waals surface area contributed by atoms with Crippen molar-refractivity contribution < 1.29 is 19.7 Å². The Kier molecular flexibility index (Phi) is 8.52. The first-order chi connectivity index (χ1) is 14.3. The average Bonchev–Trinajstić information content (AvgIpc) is 2.70. The minimum atomic E-state index is -0.404. The second-order valence-electron chi connectivity index (χ2n) is 8.29. The van der Waals surface area contributed by atoms with Crippen LogP contribution >= 0.6 is 0 Å². The number of ether oxygens (including phenoxy) is 1. The van der Waals surface area contributed by atoms with Crippen LogP contribution in [0.4, 0.5) is 0 Å². The Bertz CT molecular complexity index is 857. The van der Waals surface area contributed by atoms with Crippen molar-refractivity contribution in [3.05, 3.63) is 53.6 Å². The molecule has 2 aromatic rings. The quantitative estimate of drug-likeness (QED) is 0.263. The molecule has 0 bridgehead atoms. The lowest BCUT2D eigenvalue weighted by Gasteiger charge is -2.26. The van der Waals surface area contributed by atoms with Gasteiger partial charge in [0.05, 0.1) is 12.2 Å². The molecule has 0 saturated carbocycles. The molecule has 2 rings (SSSR count). The van der Waals surface area contributed by atoms with Crippen molar-refractivity contribution in [1.29, 1.82) is 0 Å². The standard InChI is InChI=1S/C26H34O4/c1-5-7-8-9-15-26(3,4)21-17-22(27)25(23(28)18-21)20-12-10-11-19(16-20)13-14-24(29)30-6-2/h10-14,16-18,27-28H,5-9,15H2,1-4H3/b14-13+. The number of phenolic OH excluding ortho intramolecular Hbond substituents is 2. The van der Waals surface area contributed by atoms with E-state index in [2.05, 4.69) is 20.8 Å². The van der Waals surface area contributed by atoms with Crippen molar-refractivity contribution in [3.8, 4) is 22.6 Å². The maximum Gasteiger partial charge on any atom is 0.330 e. The van der Waals surface area contributed by atoms with E-state index in [9.17, 15) is 15.0 Å². The third-order valence-corrected chi connectivity index (χ3v) is 5.41. The van der Waals surface area contributed by atoms with E-state index in [-0.39, 0.29) is 16.9 Å². The first kappa shape index (κ1) is 23.5. The second kappa shape index (κ2) is 10.9. The molecular weight excluding hydrogens is 376 g/mol. The van der Waals surface area contributed by atoms with Gasteiger partial charge < -0.3 is 14.9 Å². The SMILES string of the molecule is CCCCCCC(C)(C)c1cc(O)c(-c2cccc(/C=C/C(=O)OCC)c2)c(O)c1. The zero-order valence-corrected chi connectivity index (χ0v) is 18.6. The van der Waals surface area contributed by atoms with Gasteiger partial charge in [-0.25, -0.2) is 4.79 Å². The molecule has 0 atom stereocenters. The molecule has 0 unspecified atom stereocenters. The van der Waals surface area contributed by atoms with Gasteiger partial charge in [0.25, 0.3) is 0 Å². The predicted molar refractivity (Wildman–Crippen MR) is 123 cm³/mol. The molecule has 0 amide bonds. The summed E-state index contributed by atoms with van der Waals surface area (Å²) in [6.45, 7) is 8.57. The van der Waals surface area contributed by atoms with E-state index in [1.807, 2.05) is 24.3 Å². The van der Waals surface area contributed by atoms with Gasteiger partial charge in [-0.3, -0.25) is 0 Å². The molecule has 0 spiro atoms. The predicted octanol–water partition coefficient (Wildman–Crippen LogP) is 6.59. The van der Waals surface area contributed by atoms with Crippen LogP contribution in [0.2, 0.25) is 0 Å². The lowest BCUT2D eigenvalue weighted by atomic mass is 9.79. The number of phenols is 2. The monoisotopic (exact) mass is 410 g/mol. The number of carbonyl (C=O) groups is 1. The van der Waals surface area contributed by atoms with Crippen molar-refractivity contribution in [1.82, 2.24) is 0 Å². The largest absolute Gasteiger partial charge is 0.507 e. The van der Waals surface area contributed by atoms with Gasteiger partial charge >= 0.3 is 5.97 Å². The molecule has 0 saturated heterocycles. The summed E-state index contributed by atoms with van der Waals surface area (Å²) >= 11 is 0. The molecule has 0 radical (unpaired) electrons. The lowest BCUT2D eigenvalue weighted by molar-refractivity contribution is -0.137. The maximum absolute atomic E-state index is 11.5. The number of esters is 1. The minimum Gasteiger partial charge on any atom is -0.507 e. The van der Waals surface area contributed by atoms with Crippen LogP contribution in [0.3, 0.4) is 0 Å².